The van der Waals surface area contributed by atoms with Gasteiger partial charge in [0.05, 0.1) is 24.0 Å². The van der Waals surface area contributed by atoms with Gasteiger partial charge in [-0.2, -0.15) is 0 Å². The summed E-state index contributed by atoms with van der Waals surface area (Å²) >= 11 is 0. The number of amides is 3. The minimum absolute atomic E-state index is 0.0344. The van der Waals surface area contributed by atoms with Gasteiger partial charge in [0.25, 0.3) is 5.91 Å². The first kappa shape index (κ1) is 31.2. The predicted octanol–water partition coefficient (Wildman–Crippen LogP) is 5.43. The van der Waals surface area contributed by atoms with Crippen LogP contribution in [-0.4, -0.2) is 53.8 Å². The quantitative estimate of drug-likeness (QED) is 0.172. The third-order valence-electron chi connectivity index (χ3n) is 9.24. The molecule has 2 bridgehead atoms. The number of imide groups is 1. The number of esters is 2. The van der Waals surface area contributed by atoms with E-state index in [0.29, 0.717) is 17.9 Å². The van der Waals surface area contributed by atoms with Crippen molar-refractivity contribution in [2.45, 2.75) is 57.9 Å². The number of nitrogens with zero attached hydrogens (tertiary/aromatic N) is 1. The lowest BCUT2D eigenvalue weighted by Gasteiger charge is -2.45. The first-order valence-corrected chi connectivity index (χ1v) is 16.0. The van der Waals surface area contributed by atoms with E-state index in [0.717, 1.165) is 40.0 Å². The Morgan fingerprint density at radius 1 is 0.783 bits per heavy atom. The number of unbranched alkanes of at least 4 members (excludes halogenated alkanes) is 1. The summed E-state index contributed by atoms with van der Waals surface area (Å²) in [4.78, 5) is 68.0. The number of likely N-dealkylation sites (tertiary alicyclic amines) is 1. The van der Waals surface area contributed by atoms with Gasteiger partial charge >= 0.3 is 11.9 Å². The van der Waals surface area contributed by atoms with E-state index in [1.807, 2.05) is 69.3 Å². The molecule has 0 unspecified atom stereocenters. The maximum atomic E-state index is 14.2. The Morgan fingerprint density at radius 2 is 1.30 bits per heavy atom. The molecule has 0 saturated carbocycles. The minimum Gasteiger partial charge on any atom is -0.462 e. The van der Waals surface area contributed by atoms with Crippen LogP contribution in [0, 0.1) is 17.8 Å². The summed E-state index contributed by atoms with van der Waals surface area (Å²) < 4.78 is 10.6. The Bertz CT molecular complexity index is 1570. The van der Waals surface area contributed by atoms with Crippen LogP contribution in [0.5, 0.6) is 0 Å². The maximum absolute atomic E-state index is 14.2. The zero-order chi connectivity index (χ0) is 32.5. The van der Waals surface area contributed by atoms with Crippen molar-refractivity contribution in [2.24, 2.45) is 17.8 Å². The van der Waals surface area contributed by atoms with Crippen LogP contribution < -0.4 is 5.32 Å². The summed E-state index contributed by atoms with van der Waals surface area (Å²) in [6.45, 7) is 5.56. The van der Waals surface area contributed by atoms with Gasteiger partial charge in [-0.3, -0.25) is 19.3 Å². The fraction of sp³-hybridized carbons (Fsp3) is 0.378. The molecule has 1 aliphatic heterocycles. The zero-order valence-electron chi connectivity index (χ0n) is 26.2. The van der Waals surface area contributed by atoms with Crippen LogP contribution in [-0.2, 0) is 28.7 Å². The highest BCUT2D eigenvalue weighted by Gasteiger charge is 2.63. The highest BCUT2D eigenvalue weighted by Crippen LogP contribution is 2.61. The average molecular weight is 623 g/mol. The zero-order valence-corrected chi connectivity index (χ0v) is 26.2. The van der Waals surface area contributed by atoms with Gasteiger partial charge in [-0.05, 0) is 65.3 Å². The molecule has 3 amide bonds. The topological polar surface area (TPSA) is 119 Å². The van der Waals surface area contributed by atoms with Crippen LogP contribution in [0.1, 0.15) is 84.5 Å². The van der Waals surface area contributed by atoms with Gasteiger partial charge < -0.3 is 14.8 Å². The molecule has 0 aromatic heterocycles. The molecule has 238 valence electrons. The second-order valence-electron chi connectivity index (χ2n) is 12.7. The molecule has 4 aliphatic rings. The van der Waals surface area contributed by atoms with E-state index in [1.54, 1.807) is 24.3 Å². The fourth-order valence-electron chi connectivity index (χ4n) is 7.27. The second-order valence-corrected chi connectivity index (χ2v) is 12.7. The Morgan fingerprint density at radius 3 is 1.78 bits per heavy atom. The number of nitrogens with one attached hydrogen (secondary N) is 1. The lowest BCUT2D eigenvalue weighted by Crippen LogP contribution is -2.47. The van der Waals surface area contributed by atoms with Crippen molar-refractivity contribution in [1.29, 1.82) is 0 Å². The van der Waals surface area contributed by atoms with Crippen LogP contribution in [0.25, 0.3) is 0 Å². The Labute approximate surface area is 268 Å². The van der Waals surface area contributed by atoms with Crippen molar-refractivity contribution in [3.63, 3.8) is 0 Å². The number of hydrogen-bond donors (Lipinski definition) is 1. The van der Waals surface area contributed by atoms with Crippen LogP contribution in [0.3, 0.4) is 0 Å². The third kappa shape index (κ3) is 5.59. The van der Waals surface area contributed by atoms with Crippen molar-refractivity contribution < 1.29 is 33.4 Å². The van der Waals surface area contributed by atoms with Crippen molar-refractivity contribution in [3.8, 4) is 0 Å². The second kappa shape index (κ2) is 12.9. The number of rotatable bonds is 11. The maximum Gasteiger partial charge on any atom is 0.338 e. The van der Waals surface area contributed by atoms with E-state index in [1.165, 1.54) is 0 Å². The van der Waals surface area contributed by atoms with E-state index >= 15 is 0 Å². The van der Waals surface area contributed by atoms with E-state index in [9.17, 15) is 24.0 Å². The van der Waals surface area contributed by atoms with Gasteiger partial charge in [0.1, 0.15) is 6.04 Å². The van der Waals surface area contributed by atoms with Crippen LogP contribution >= 0.6 is 0 Å². The van der Waals surface area contributed by atoms with E-state index in [4.69, 9.17) is 9.47 Å². The van der Waals surface area contributed by atoms with Crippen molar-refractivity contribution in [1.82, 2.24) is 4.90 Å². The molecule has 46 heavy (non-hydrogen) atoms. The summed E-state index contributed by atoms with van der Waals surface area (Å²) in [6, 6.07) is 21.0. The molecule has 7 rings (SSSR count). The van der Waals surface area contributed by atoms with E-state index in [-0.39, 0.29) is 36.0 Å². The number of benzene rings is 3. The predicted molar refractivity (Wildman–Crippen MR) is 170 cm³/mol. The van der Waals surface area contributed by atoms with Crippen molar-refractivity contribution >= 4 is 35.3 Å². The molecule has 0 spiro atoms. The first-order valence-electron chi connectivity index (χ1n) is 16.0. The lowest BCUT2D eigenvalue weighted by atomic mass is 9.55. The van der Waals surface area contributed by atoms with Gasteiger partial charge in [0, 0.05) is 17.5 Å². The van der Waals surface area contributed by atoms with Crippen molar-refractivity contribution in [3.05, 3.63) is 101 Å². The molecule has 1 N–H and O–H groups in total. The molecule has 3 atom stereocenters. The molecule has 9 heteroatoms. The Kier molecular flexibility index (Phi) is 8.75. The highest BCUT2D eigenvalue weighted by atomic mass is 16.5. The number of hydrogen-bond acceptors (Lipinski definition) is 7. The third-order valence-corrected chi connectivity index (χ3v) is 9.24. The molecule has 9 nitrogen and oxygen atoms in total. The molecule has 3 aromatic carbocycles. The Hall–Kier alpha value is -4.79. The number of carbonyl (C=O) groups excluding carboxylic acids is 5. The fourth-order valence-corrected chi connectivity index (χ4v) is 7.27. The smallest absolute Gasteiger partial charge is 0.338 e. The van der Waals surface area contributed by atoms with Crippen molar-refractivity contribution in [2.75, 3.05) is 18.5 Å². The summed E-state index contributed by atoms with van der Waals surface area (Å²) in [5.74, 6) is -4.38. The SMILES string of the molecule is CCCCOC(=O)c1ccc(NC(=O)COC(=O)[C@H](CC(C)C)N2C(=O)[C@@H]3C4c5ccccc5C(c5ccccc54)[C@H]3C2=O)cc1. The van der Waals surface area contributed by atoms with Gasteiger partial charge in [-0.15, -0.1) is 0 Å². The molecule has 1 fully saturated rings. The van der Waals surface area contributed by atoms with Gasteiger partial charge in [0.2, 0.25) is 11.8 Å². The van der Waals surface area contributed by atoms with Gasteiger partial charge in [-0.1, -0.05) is 75.7 Å². The molecule has 0 radical (unpaired) electrons. The number of ether oxygens (including phenoxy) is 2. The normalized spacial score (nSPS) is 21.3. The Balaban J connectivity index is 1.16. The lowest BCUT2D eigenvalue weighted by molar-refractivity contribution is -0.160. The summed E-state index contributed by atoms with van der Waals surface area (Å²) in [5, 5.41) is 2.65. The monoisotopic (exact) mass is 622 g/mol. The minimum atomic E-state index is -1.15. The standard InChI is InChI=1S/C37H38N2O7/c1-4-5-18-45-36(43)22-14-16-23(17-15-22)38-29(40)20-46-37(44)28(19-21(2)3)39-34(41)32-30-24-10-6-7-11-25(24)31(33(32)35(39)42)27-13-9-8-12-26(27)30/h6-17,21,28,30-33H,4-5,18-20H2,1-3H3,(H,38,40)/t28-,30?,31?,32+,33+/m0/s1. The van der Waals surface area contributed by atoms with Crippen LogP contribution in [0.4, 0.5) is 5.69 Å². The molecule has 3 aromatic rings. The number of carbonyl (C=O) groups is 5. The number of anilines is 1. The summed E-state index contributed by atoms with van der Waals surface area (Å²) in [5.41, 5.74) is 4.98. The molecular weight excluding hydrogens is 584 g/mol. The molecule has 3 aliphatic carbocycles. The summed E-state index contributed by atoms with van der Waals surface area (Å²) in [6.07, 6.45) is 1.90. The van der Waals surface area contributed by atoms with Crippen LogP contribution in [0.15, 0.2) is 72.8 Å². The van der Waals surface area contributed by atoms with E-state index in [2.05, 4.69) is 5.32 Å². The largest absolute Gasteiger partial charge is 0.462 e. The first-order chi connectivity index (χ1) is 22.2. The van der Waals surface area contributed by atoms with E-state index < -0.39 is 42.3 Å². The van der Waals surface area contributed by atoms with Crippen LogP contribution in [0.2, 0.25) is 0 Å². The average Bonchev–Trinajstić information content (AvgIpc) is 3.32. The highest BCUT2D eigenvalue weighted by molar-refractivity contribution is 6.10. The molecular formula is C37H38N2O7. The molecule has 1 saturated heterocycles. The summed E-state index contributed by atoms with van der Waals surface area (Å²) in [7, 11) is 0. The molecule has 1 heterocycles. The van der Waals surface area contributed by atoms with Gasteiger partial charge in [-0.25, -0.2) is 9.59 Å². The van der Waals surface area contributed by atoms with Gasteiger partial charge in [0.15, 0.2) is 6.61 Å².